The highest BCUT2D eigenvalue weighted by molar-refractivity contribution is 5.97. The number of nitrogens with zero attached hydrogens (tertiary/aromatic N) is 1. The summed E-state index contributed by atoms with van der Waals surface area (Å²) in [7, 11) is 1.77. The molecular weight excluding hydrogens is 276 g/mol. The van der Waals surface area contributed by atoms with E-state index in [-0.39, 0.29) is 12.5 Å². The van der Waals surface area contributed by atoms with E-state index in [9.17, 15) is 4.79 Å². The first-order valence-corrected chi connectivity index (χ1v) is 7.52. The molecule has 1 N–H and O–H groups in total. The van der Waals surface area contributed by atoms with Crippen molar-refractivity contribution in [1.82, 2.24) is 0 Å². The smallest absolute Gasteiger partial charge is 0.264 e. The van der Waals surface area contributed by atoms with Gasteiger partial charge >= 0.3 is 0 Å². The third kappa shape index (κ3) is 2.91. The van der Waals surface area contributed by atoms with Crippen LogP contribution < -0.4 is 15.0 Å². The Morgan fingerprint density at radius 3 is 2.59 bits per heavy atom. The Labute approximate surface area is 130 Å². The predicted molar refractivity (Wildman–Crippen MR) is 88.5 cm³/mol. The molecule has 3 rings (SSSR count). The second kappa shape index (κ2) is 6.10. The van der Waals surface area contributed by atoms with Crippen LogP contribution in [0.4, 0.5) is 11.4 Å². The van der Waals surface area contributed by atoms with Crippen LogP contribution in [0.5, 0.6) is 5.75 Å². The molecule has 4 heteroatoms. The number of ether oxygens (including phenoxy) is 1. The zero-order valence-corrected chi connectivity index (χ0v) is 12.9. The summed E-state index contributed by atoms with van der Waals surface area (Å²) < 4.78 is 5.50. The summed E-state index contributed by atoms with van der Waals surface area (Å²) >= 11 is 0. The number of nitrogens with one attached hydrogen (secondary N) is 1. The summed E-state index contributed by atoms with van der Waals surface area (Å²) in [6, 6.07) is 14.4. The van der Waals surface area contributed by atoms with Gasteiger partial charge < -0.3 is 15.0 Å². The van der Waals surface area contributed by atoms with Gasteiger partial charge in [0.1, 0.15) is 5.75 Å². The third-order valence-corrected chi connectivity index (χ3v) is 3.97. The van der Waals surface area contributed by atoms with E-state index in [4.69, 9.17) is 4.74 Å². The van der Waals surface area contributed by atoms with Crippen LogP contribution in [0.1, 0.15) is 18.1 Å². The number of aryl methyl sites for hydroxylation is 1. The van der Waals surface area contributed by atoms with Crippen LogP contribution in [-0.4, -0.2) is 19.6 Å². The fourth-order valence-electron chi connectivity index (χ4n) is 2.48. The Hall–Kier alpha value is -2.49. The molecule has 1 aliphatic rings. The molecule has 2 aromatic carbocycles. The Bertz CT molecular complexity index is 680. The van der Waals surface area contributed by atoms with Crippen LogP contribution in [0.15, 0.2) is 42.5 Å². The molecule has 114 valence electrons. The highest BCUT2D eigenvalue weighted by atomic mass is 16.5. The lowest BCUT2D eigenvalue weighted by Crippen LogP contribution is -2.35. The first kappa shape index (κ1) is 14.4. The topological polar surface area (TPSA) is 41.6 Å². The lowest BCUT2D eigenvalue weighted by atomic mass is 10.1. The van der Waals surface area contributed by atoms with E-state index in [1.54, 1.807) is 11.9 Å². The van der Waals surface area contributed by atoms with Crippen molar-refractivity contribution in [2.45, 2.75) is 19.9 Å². The normalized spacial score (nSPS) is 13.5. The van der Waals surface area contributed by atoms with Crippen molar-refractivity contribution < 1.29 is 9.53 Å². The number of benzene rings is 2. The van der Waals surface area contributed by atoms with Crippen molar-refractivity contribution in [2.24, 2.45) is 0 Å². The monoisotopic (exact) mass is 296 g/mol. The maximum atomic E-state index is 11.6. The van der Waals surface area contributed by atoms with Crippen LogP contribution in [-0.2, 0) is 17.8 Å². The average Bonchev–Trinajstić information content (AvgIpc) is 2.57. The molecule has 0 aromatic heterocycles. The van der Waals surface area contributed by atoms with Gasteiger partial charge in [-0.15, -0.1) is 0 Å². The molecule has 22 heavy (non-hydrogen) atoms. The van der Waals surface area contributed by atoms with E-state index in [1.807, 2.05) is 18.2 Å². The number of hydrogen-bond donors (Lipinski definition) is 1. The Kier molecular flexibility index (Phi) is 4.00. The molecule has 1 heterocycles. The van der Waals surface area contributed by atoms with Gasteiger partial charge in [-0.3, -0.25) is 4.79 Å². The average molecular weight is 296 g/mol. The van der Waals surface area contributed by atoms with Crippen molar-refractivity contribution >= 4 is 17.3 Å². The van der Waals surface area contributed by atoms with Crippen molar-refractivity contribution in [3.05, 3.63) is 53.6 Å². The van der Waals surface area contributed by atoms with Gasteiger partial charge in [0.15, 0.2) is 6.61 Å². The van der Waals surface area contributed by atoms with Crippen LogP contribution in [0.25, 0.3) is 0 Å². The van der Waals surface area contributed by atoms with Crippen molar-refractivity contribution in [3.63, 3.8) is 0 Å². The largest absolute Gasteiger partial charge is 0.481 e. The fraction of sp³-hybridized carbons (Fsp3) is 0.278. The summed E-state index contributed by atoms with van der Waals surface area (Å²) in [6.45, 7) is 3.02. The number of rotatable bonds is 4. The summed E-state index contributed by atoms with van der Waals surface area (Å²) in [5.41, 5.74) is 4.39. The molecule has 2 aromatic rings. The van der Waals surface area contributed by atoms with E-state index in [2.05, 4.69) is 36.5 Å². The van der Waals surface area contributed by atoms with Crippen molar-refractivity contribution in [1.29, 1.82) is 0 Å². The van der Waals surface area contributed by atoms with Crippen LogP contribution >= 0.6 is 0 Å². The van der Waals surface area contributed by atoms with Crippen LogP contribution in [0.3, 0.4) is 0 Å². The minimum atomic E-state index is -0.0239. The minimum absolute atomic E-state index is 0.0239. The molecule has 0 spiro atoms. The number of carbonyl (C=O) groups excluding carboxylic acids is 1. The van der Waals surface area contributed by atoms with Gasteiger partial charge in [0.25, 0.3) is 5.91 Å². The molecule has 1 amide bonds. The highest BCUT2D eigenvalue weighted by Crippen LogP contribution is 2.33. The standard InChI is InChI=1S/C18H20N2O2/c1-3-13-4-6-14(7-5-13)11-19-15-8-9-16-17(10-15)22-12-18(21)20(16)2/h4-10,19H,3,11-12H2,1-2H3. The summed E-state index contributed by atoms with van der Waals surface area (Å²) in [4.78, 5) is 13.2. The van der Waals surface area contributed by atoms with E-state index >= 15 is 0 Å². The number of fused-ring (bicyclic) bond motifs is 1. The van der Waals surface area contributed by atoms with E-state index in [0.717, 1.165) is 30.1 Å². The molecule has 0 saturated carbocycles. The first-order valence-electron chi connectivity index (χ1n) is 7.52. The van der Waals surface area contributed by atoms with E-state index < -0.39 is 0 Å². The summed E-state index contributed by atoms with van der Waals surface area (Å²) in [5, 5.41) is 3.39. The first-order chi connectivity index (χ1) is 10.7. The number of anilines is 2. The Morgan fingerprint density at radius 1 is 1.14 bits per heavy atom. The van der Waals surface area contributed by atoms with Gasteiger partial charge in [0.05, 0.1) is 5.69 Å². The lowest BCUT2D eigenvalue weighted by molar-refractivity contribution is -0.120. The fourth-order valence-corrected chi connectivity index (χ4v) is 2.48. The van der Waals surface area contributed by atoms with Crippen LogP contribution in [0, 0.1) is 0 Å². The number of likely N-dealkylation sites (N-methyl/N-ethyl adjacent to an activating group) is 1. The number of amides is 1. The predicted octanol–water partition coefficient (Wildman–Crippen LogP) is 3.22. The van der Waals surface area contributed by atoms with Gasteiger partial charge in [-0.05, 0) is 29.7 Å². The summed E-state index contributed by atoms with van der Waals surface area (Å²) in [5.74, 6) is 0.720. The molecule has 0 bridgehead atoms. The second-order valence-electron chi connectivity index (χ2n) is 5.45. The maximum absolute atomic E-state index is 11.6. The second-order valence-corrected chi connectivity index (χ2v) is 5.45. The zero-order chi connectivity index (χ0) is 15.5. The minimum Gasteiger partial charge on any atom is -0.481 e. The number of carbonyl (C=O) groups is 1. The maximum Gasteiger partial charge on any atom is 0.264 e. The van der Waals surface area contributed by atoms with Gasteiger partial charge in [0.2, 0.25) is 0 Å². The molecule has 4 nitrogen and oxygen atoms in total. The molecule has 0 fully saturated rings. The lowest BCUT2D eigenvalue weighted by Gasteiger charge is -2.26. The molecule has 1 aliphatic heterocycles. The molecular formula is C18H20N2O2. The summed E-state index contributed by atoms with van der Waals surface area (Å²) in [6.07, 6.45) is 1.06. The van der Waals surface area contributed by atoms with Gasteiger partial charge in [-0.25, -0.2) is 0 Å². The highest BCUT2D eigenvalue weighted by Gasteiger charge is 2.22. The van der Waals surface area contributed by atoms with Gasteiger partial charge in [-0.1, -0.05) is 31.2 Å². The van der Waals surface area contributed by atoms with Gasteiger partial charge in [-0.2, -0.15) is 0 Å². The Balaban J connectivity index is 1.69. The quantitative estimate of drug-likeness (QED) is 0.942. The molecule has 0 saturated heterocycles. The van der Waals surface area contributed by atoms with E-state index in [1.165, 1.54) is 11.1 Å². The van der Waals surface area contributed by atoms with Crippen molar-refractivity contribution in [3.8, 4) is 5.75 Å². The van der Waals surface area contributed by atoms with Gasteiger partial charge in [0, 0.05) is 25.3 Å². The van der Waals surface area contributed by atoms with Crippen molar-refractivity contribution in [2.75, 3.05) is 23.9 Å². The molecule has 0 radical (unpaired) electrons. The van der Waals surface area contributed by atoms with E-state index in [0.29, 0.717) is 0 Å². The number of hydrogen-bond acceptors (Lipinski definition) is 3. The Morgan fingerprint density at radius 2 is 1.86 bits per heavy atom. The molecule has 0 atom stereocenters. The molecule has 0 unspecified atom stereocenters. The third-order valence-electron chi connectivity index (χ3n) is 3.97. The zero-order valence-electron chi connectivity index (χ0n) is 12.9. The SMILES string of the molecule is CCc1ccc(CNc2ccc3c(c2)OCC(=O)N3C)cc1. The molecule has 0 aliphatic carbocycles. The van der Waals surface area contributed by atoms with Crippen LogP contribution in [0.2, 0.25) is 0 Å².